The Bertz CT molecular complexity index is 680. The summed E-state index contributed by atoms with van der Waals surface area (Å²) in [4.78, 5) is 0. The fourth-order valence-electron chi connectivity index (χ4n) is 1.24. The fourth-order valence-corrected chi connectivity index (χ4v) is 3.92. The molecular formula is C10H15N3O4S2. The molecule has 7 nitrogen and oxygen atoms in total. The molecule has 0 bridgehead atoms. The Hall–Kier alpha value is -1.61. The van der Waals surface area contributed by atoms with Gasteiger partial charge in [-0.05, 0) is 12.1 Å². The molecule has 0 aromatic heterocycles. The van der Waals surface area contributed by atoms with E-state index in [-0.39, 0.29) is 11.5 Å². The Morgan fingerprint density at radius 1 is 1.26 bits per heavy atom. The monoisotopic (exact) mass is 305 g/mol. The molecule has 0 radical (unpaired) electrons. The van der Waals surface area contributed by atoms with Gasteiger partial charge in [0.1, 0.15) is 15.7 Å². The summed E-state index contributed by atoms with van der Waals surface area (Å²) in [7, 11) is -7.10. The number of amidine groups is 1. The van der Waals surface area contributed by atoms with Crippen LogP contribution >= 0.6 is 0 Å². The largest absolute Gasteiger partial charge is 0.384 e. The molecule has 0 atom stereocenters. The van der Waals surface area contributed by atoms with E-state index in [1.807, 2.05) is 0 Å². The van der Waals surface area contributed by atoms with Crippen molar-refractivity contribution in [3.8, 4) is 0 Å². The van der Waals surface area contributed by atoms with Gasteiger partial charge in [-0.3, -0.25) is 10.1 Å². The maximum absolute atomic E-state index is 11.7. The van der Waals surface area contributed by atoms with E-state index in [1.54, 1.807) is 12.1 Å². The van der Waals surface area contributed by atoms with Crippen molar-refractivity contribution >= 4 is 31.4 Å². The van der Waals surface area contributed by atoms with Crippen LogP contribution in [0.5, 0.6) is 0 Å². The molecule has 0 aliphatic rings. The zero-order valence-electron chi connectivity index (χ0n) is 10.3. The molecule has 0 aliphatic carbocycles. The summed E-state index contributed by atoms with van der Waals surface area (Å²) >= 11 is 0. The Kier molecular flexibility index (Phi) is 4.53. The van der Waals surface area contributed by atoms with E-state index in [0.29, 0.717) is 5.56 Å². The topological polar surface area (TPSA) is 130 Å². The van der Waals surface area contributed by atoms with E-state index in [9.17, 15) is 16.8 Å². The van der Waals surface area contributed by atoms with Crippen LogP contribution in [0.3, 0.4) is 0 Å². The minimum atomic E-state index is -3.75. The van der Waals surface area contributed by atoms with E-state index in [4.69, 9.17) is 11.1 Å². The summed E-state index contributed by atoms with van der Waals surface area (Å²) in [6, 6.07) is 6.01. The fraction of sp³-hybridized carbons (Fsp3) is 0.300. The van der Waals surface area contributed by atoms with Crippen LogP contribution in [0.15, 0.2) is 24.3 Å². The minimum absolute atomic E-state index is 0.183. The van der Waals surface area contributed by atoms with E-state index in [0.717, 1.165) is 6.26 Å². The molecule has 0 saturated heterocycles. The third kappa shape index (κ3) is 5.71. The Morgan fingerprint density at radius 2 is 1.89 bits per heavy atom. The van der Waals surface area contributed by atoms with Crippen molar-refractivity contribution in [2.75, 3.05) is 22.5 Å². The van der Waals surface area contributed by atoms with Gasteiger partial charge >= 0.3 is 0 Å². The second kappa shape index (κ2) is 5.57. The minimum Gasteiger partial charge on any atom is -0.384 e. The molecule has 0 spiro atoms. The number of nitrogen functional groups attached to an aromatic ring is 1. The lowest BCUT2D eigenvalue weighted by atomic mass is 10.2. The zero-order valence-corrected chi connectivity index (χ0v) is 11.9. The van der Waals surface area contributed by atoms with Gasteiger partial charge in [-0.25, -0.2) is 16.8 Å². The van der Waals surface area contributed by atoms with Crippen LogP contribution in [-0.2, 0) is 19.9 Å². The number of nitrogens with one attached hydrogen (secondary N) is 2. The van der Waals surface area contributed by atoms with Gasteiger partial charge in [0.05, 0.1) is 11.5 Å². The van der Waals surface area contributed by atoms with Crippen LogP contribution in [0.1, 0.15) is 5.56 Å². The summed E-state index contributed by atoms with van der Waals surface area (Å²) in [5.74, 6) is -1.15. The highest BCUT2D eigenvalue weighted by molar-refractivity contribution is 7.95. The van der Waals surface area contributed by atoms with Gasteiger partial charge in [0.2, 0.25) is 10.0 Å². The van der Waals surface area contributed by atoms with Crippen molar-refractivity contribution in [2.24, 2.45) is 5.73 Å². The normalized spacial score (nSPS) is 12.1. The predicted molar refractivity (Wildman–Crippen MR) is 74.6 cm³/mol. The second-order valence-corrected chi connectivity index (χ2v) is 8.15. The SMILES string of the molecule is CS(=O)(=O)CCS(=O)(=O)Nc1cccc(C(=N)N)c1. The van der Waals surface area contributed by atoms with Gasteiger partial charge in [0, 0.05) is 17.5 Å². The molecule has 106 valence electrons. The van der Waals surface area contributed by atoms with Crippen LogP contribution in [0.2, 0.25) is 0 Å². The van der Waals surface area contributed by atoms with Gasteiger partial charge in [-0.15, -0.1) is 0 Å². The number of sulfone groups is 1. The Balaban J connectivity index is 2.84. The molecule has 0 saturated carbocycles. The smallest absolute Gasteiger partial charge is 0.233 e. The zero-order chi connectivity index (χ0) is 14.7. The number of rotatable bonds is 6. The first-order valence-electron chi connectivity index (χ1n) is 5.22. The van der Waals surface area contributed by atoms with Crippen molar-refractivity contribution in [2.45, 2.75) is 0 Å². The van der Waals surface area contributed by atoms with Crippen LogP contribution in [0, 0.1) is 5.41 Å². The van der Waals surface area contributed by atoms with Gasteiger partial charge in [-0.1, -0.05) is 12.1 Å². The van der Waals surface area contributed by atoms with E-state index in [1.165, 1.54) is 12.1 Å². The second-order valence-electron chi connectivity index (χ2n) is 4.05. The summed E-state index contributed by atoms with van der Waals surface area (Å²) in [6.07, 6.45) is 0.971. The third-order valence-electron chi connectivity index (χ3n) is 2.17. The highest BCUT2D eigenvalue weighted by atomic mass is 32.2. The summed E-state index contributed by atoms with van der Waals surface area (Å²) in [5.41, 5.74) is 5.90. The number of sulfonamides is 1. The van der Waals surface area contributed by atoms with Crippen molar-refractivity contribution in [3.05, 3.63) is 29.8 Å². The van der Waals surface area contributed by atoms with Crippen LogP contribution in [-0.4, -0.2) is 40.4 Å². The Morgan fingerprint density at radius 3 is 2.42 bits per heavy atom. The molecule has 1 rings (SSSR count). The van der Waals surface area contributed by atoms with E-state index < -0.39 is 31.4 Å². The number of anilines is 1. The maximum atomic E-state index is 11.7. The molecule has 1 aromatic rings. The average Bonchev–Trinajstić information content (AvgIpc) is 2.25. The lowest BCUT2D eigenvalue weighted by Crippen LogP contribution is -2.22. The molecule has 0 heterocycles. The first kappa shape index (κ1) is 15.4. The molecule has 9 heteroatoms. The average molecular weight is 305 g/mol. The van der Waals surface area contributed by atoms with Gasteiger partial charge in [-0.2, -0.15) is 0 Å². The summed E-state index contributed by atoms with van der Waals surface area (Å²) in [6.45, 7) is 0. The van der Waals surface area contributed by atoms with Gasteiger partial charge < -0.3 is 5.73 Å². The molecule has 0 aliphatic heterocycles. The Labute approximate surface area is 112 Å². The first-order valence-corrected chi connectivity index (χ1v) is 8.93. The van der Waals surface area contributed by atoms with Crippen LogP contribution in [0.25, 0.3) is 0 Å². The first-order chi connectivity index (χ1) is 8.59. The van der Waals surface area contributed by atoms with Crippen molar-refractivity contribution in [1.82, 2.24) is 0 Å². The third-order valence-corrected chi connectivity index (χ3v) is 4.66. The van der Waals surface area contributed by atoms with Crippen molar-refractivity contribution in [1.29, 1.82) is 5.41 Å². The van der Waals surface area contributed by atoms with Gasteiger partial charge in [0.25, 0.3) is 0 Å². The molecule has 19 heavy (non-hydrogen) atoms. The number of nitrogens with two attached hydrogens (primary N) is 1. The molecule has 0 amide bonds. The summed E-state index contributed by atoms with van der Waals surface area (Å²) < 4.78 is 47.5. The number of benzene rings is 1. The molecule has 0 fully saturated rings. The quantitative estimate of drug-likeness (QED) is 0.493. The van der Waals surface area contributed by atoms with E-state index in [2.05, 4.69) is 4.72 Å². The highest BCUT2D eigenvalue weighted by Gasteiger charge is 2.14. The molecule has 0 unspecified atom stereocenters. The predicted octanol–water partition coefficient (Wildman–Crippen LogP) is -0.243. The van der Waals surface area contributed by atoms with Crippen LogP contribution < -0.4 is 10.5 Å². The standard InChI is InChI=1S/C10H15N3O4S2/c1-18(14,15)5-6-19(16,17)13-9-4-2-3-8(7-9)10(11)12/h2-4,7,13H,5-6H2,1H3,(H3,11,12). The number of hydrogen-bond acceptors (Lipinski definition) is 5. The van der Waals surface area contributed by atoms with Crippen LogP contribution in [0.4, 0.5) is 5.69 Å². The van der Waals surface area contributed by atoms with E-state index >= 15 is 0 Å². The number of hydrogen-bond donors (Lipinski definition) is 3. The molecule has 4 N–H and O–H groups in total. The lowest BCUT2D eigenvalue weighted by molar-refractivity contribution is 0.593. The maximum Gasteiger partial charge on any atom is 0.233 e. The lowest BCUT2D eigenvalue weighted by Gasteiger charge is -2.08. The van der Waals surface area contributed by atoms with Crippen molar-refractivity contribution < 1.29 is 16.8 Å². The summed E-state index contributed by atoms with van der Waals surface area (Å²) in [5, 5.41) is 7.25. The molecule has 1 aromatic carbocycles. The van der Waals surface area contributed by atoms with Crippen molar-refractivity contribution in [3.63, 3.8) is 0 Å². The molecular weight excluding hydrogens is 290 g/mol. The van der Waals surface area contributed by atoms with Gasteiger partial charge in [0.15, 0.2) is 0 Å². The highest BCUT2D eigenvalue weighted by Crippen LogP contribution is 2.12.